The number of hydrogen-bond acceptors (Lipinski definition) is 4. The molecular weight excluding hydrogens is 238 g/mol. The molecule has 2 aliphatic rings. The van der Waals surface area contributed by atoms with E-state index in [0.29, 0.717) is 18.4 Å². The predicted octanol–water partition coefficient (Wildman–Crippen LogP) is 0.158. The molecule has 4 unspecified atom stereocenters. The van der Waals surface area contributed by atoms with E-state index in [9.17, 15) is 8.42 Å². The van der Waals surface area contributed by atoms with E-state index in [0.717, 1.165) is 19.5 Å². The van der Waals surface area contributed by atoms with Crippen molar-refractivity contribution >= 4 is 10.0 Å². The maximum atomic E-state index is 12.2. The van der Waals surface area contributed by atoms with Crippen molar-refractivity contribution in [2.75, 3.05) is 19.6 Å². The zero-order chi connectivity index (χ0) is 12.6. The molecule has 17 heavy (non-hydrogen) atoms. The molecule has 0 saturated carbocycles. The molecule has 2 saturated heterocycles. The second-order valence-electron chi connectivity index (χ2n) is 4.94. The molecule has 5 nitrogen and oxygen atoms in total. The summed E-state index contributed by atoms with van der Waals surface area (Å²) < 4.78 is 26.1. The van der Waals surface area contributed by atoms with Gasteiger partial charge in [-0.05, 0) is 38.3 Å². The van der Waals surface area contributed by atoms with Gasteiger partial charge in [0, 0.05) is 12.6 Å². The molecule has 0 amide bonds. The molecular formula is C11H19N3O2S. The van der Waals surface area contributed by atoms with Crippen LogP contribution in [0, 0.1) is 23.2 Å². The molecule has 0 aromatic carbocycles. The van der Waals surface area contributed by atoms with E-state index >= 15 is 0 Å². The van der Waals surface area contributed by atoms with Gasteiger partial charge in [-0.1, -0.05) is 6.92 Å². The third-order valence-corrected chi connectivity index (χ3v) is 6.12. The second kappa shape index (κ2) is 4.56. The fraction of sp³-hybridized carbons (Fsp3) is 0.909. The van der Waals surface area contributed by atoms with Gasteiger partial charge in [0.15, 0.2) is 5.25 Å². The van der Waals surface area contributed by atoms with Crippen LogP contribution in [0.15, 0.2) is 0 Å². The fourth-order valence-electron chi connectivity index (χ4n) is 3.05. The van der Waals surface area contributed by atoms with Crippen molar-refractivity contribution in [3.8, 4) is 6.07 Å². The molecule has 4 atom stereocenters. The molecule has 0 aromatic heterocycles. The molecule has 0 radical (unpaired) electrons. The minimum Gasteiger partial charge on any atom is -0.316 e. The van der Waals surface area contributed by atoms with Crippen LogP contribution in [0.2, 0.25) is 0 Å². The second-order valence-corrected chi connectivity index (χ2v) is 7.15. The molecule has 2 fully saturated rings. The monoisotopic (exact) mass is 257 g/mol. The molecule has 96 valence electrons. The highest BCUT2D eigenvalue weighted by Gasteiger charge is 2.48. The molecule has 0 aromatic rings. The first kappa shape index (κ1) is 12.8. The minimum absolute atomic E-state index is 0.0656. The number of sulfonamides is 1. The van der Waals surface area contributed by atoms with Gasteiger partial charge in [-0.2, -0.15) is 9.57 Å². The number of nitrogens with zero attached hydrogens (tertiary/aromatic N) is 2. The first-order valence-electron chi connectivity index (χ1n) is 6.13. The van der Waals surface area contributed by atoms with E-state index in [4.69, 9.17) is 5.26 Å². The highest BCUT2D eigenvalue weighted by molar-refractivity contribution is 7.90. The molecule has 1 N–H and O–H groups in total. The maximum absolute atomic E-state index is 12.2. The maximum Gasteiger partial charge on any atom is 0.230 e. The predicted molar refractivity (Wildman–Crippen MR) is 64.6 cm³/mol. The van der Waals surface area contributed by atoms with Crippen LogP contribution in [0.3, 0.4) is 0 Å². The van der Waals surface area contributed by atoms with Gasteiger partial charge in [0.25, 0.3) is 0 Å². The van der Waals surface area contributed by atoms with Crippen LogP contribution in [-0.2, 0) is 10.0 Å². The topological polar surface area (TPSA) is 73.2 Å². The van der Waals surface area contributed by atoms with Gasteiger partial charge in [0.05, 0.1) is 6.07 Å². The number of nitrogens with one attached hydrogen (secondary N) is 1. The van der Waals surface area contributed by atoms with Gasteiger partial charge in [-0.25, -0.2) is 8.42 Å². The lowest BCUT2D eigenvalue weighted by Crippen LogP contribution is -2.43. The van der Waals surface area contributed by atoms with Crippen molar-refractivity contribution in [1.29, 1.82) is 5.26 Å². The average molecular weight is 257 g/mol. The van der Waals surface area contributed by atoms with Gasteiger partial charge in [0.1, 0.15) is 0 Å². The summed E-state index contributed by atoms with van der Waals surface area (Å²) in [7, 11) is -3.45. The summed E-state index contributed by atoms with van der Waals surface area (Å²) in [5, 5.41) is 11.2. The highest BCUT2D eigenvalue weighted by atomic mass is 32.2. The van der Waals surface area contributed by atoms with Crippen LogP contribution in [0.4, 0.5) is 0 Å². The Balaban J connectivity index is 2.26. The van der Waals surface area contributed by atoms with Crippen molar-refractivity contribution < 1.29 is 8.42 Å². The lowest BCUT2D eigenvalue weighted by Gasteiger charge is -2.27. The van der Waals surface area contributed by atoms with E-state index in [1.807, 2.05) is 13.0 Å². The minimum atomic E-state index is -3.45. The Kier molecular flexibility index (Phi) is 3.43. The number of fused-ring (bicyclic) bond motifs is 1. The van der Waals surface area contributed by atoms with E-state index in [1.54, 1.807) is 4.31 Å². The molecule has 0 spiro atoms. The third-order valence-electron chi connectivity index (χ3n) is 4.04. The molecule has 2 rings (SSSR count). The first-order chi connectivity index (χ1) is 8.02. The Labute approximate surface area is 103 Å². The van der Waals surface area contributed by atoms with Crippen LogP contribution in [0.1, 0.15) is 20.3 Å². The number of hydrogen-bond donors (Lipinski definition) is 1. The quantitative estimate of drug-likeness (QED) is 0.781. The van der Waals surface area contributed by atoms with E-state index in [-0.39, 0.29) is 6.04 Å². The lowest BCUT2D eigenvalue weighted by molar-refractivity contribution is 0.328. The van der Waals surface area contributed by atoms with Gasteiger partial charge in [0.2, 0.25) is 10.0 Å². The zero-order valence-electron chi connectivity index (χ0n) is 10.3. The first-order valence-corrected chi connectivity index (χ1v) is 7.63. The van der Waals surface area contributed by atoms with Gasteiger partial charge in [-0.3, -0.25) is 0 Å². The Morgan fingerprint density at radius 3 is 2.82 bits per heavy atom. The van der Waals surface area contributed by atoms with Crippen LogP contribution in [-0.4, -0.2) is 43.6 Å². The van der Waals surface area contributed by atoms with Gasteiger partial charge >= 0.3 is 0 Å². The van der Waals surface area contributed by atoms with Crippen LogP contribution in [0.5, 0.6) is 0 Å². The highest BCUT2D eigenvalue weighted by Crippen LogP contribution is 2.36. The summed E-state index contributed by atoms with van der Waals surface area (Å²) in [6.07, 6.45) is 0.820. The summed E-state index contributed by atoms with van der Waals surface area (Å²) in [5.74, 6) is 0.835. The van der Waals surface area contributed by atoms with Crippen molar-refractivity contribution in [2.45, 2.75) is 31.6 Å². The van der Waals surface area contributed by atoms with Gasteiger partial charge in [-0.15, -0.1) is 0 Å². The third kappa shape index (κ3) is 1.96. The van der Waals surface area contributed by atoms with Crippen LogP contribution < -0.4 is 5.32 Å². The van der Waals surface area contributed by atoms with E-state index < -0.39 is 15.3 Å². The Morgan fingerprint density at radius 2 is 2.24 bits per heavy atom. The molecule has 6 heteroatoms. The van der Waals surface area contributed by atoms with Gasteiger partial charge < -0.3 is 5.32 Å². The lowest BCUT2D eigenvalue weighted by atomic mass is 9.93. The van der Waals surface area contributed by atoms with Crippen LogP contribution >= 0.6 is 0 Å². The fourth-order valence-corrected chi connectivity index (χ4v) is 4.67. The summed E-state index contributed by atoms with van der Waals surface area (Å²) in [4.78, 5) is 0. The zero-order valence-corrected chi connectivity index (χ0v) is 11.1. The smallest absolute Gasteiger partial charge is 0.230 e. The standard InChI is InChI=1S/C11H19N3O2S/c1-3-11-10-6-13-5-9(10)7-14(11)17(15,16)8(2)4-12/h8-11,13H,3,5-7H2,1-2H3. The van der Waals surface area contributed by atoms with Crippen molar-refractivity contribution in [3.05, 3.63) is 0 Å². The van der Waals surface area contributed by atoms with Crippen LogP contribution in [0.25, 0.3) is 0 Å². The Morgan fingerprint density at radius 1 is 1.53 bits per heavy atom. The van der Waals surface area contributed by atoms with Crippen molar-refractivity contribution in [1.82, 2.24) is 9.62 Å². The summed E-state index contributed by atoms with van der Waals surface area (Å²) >= 11 is 0. The molecule has 0 bridgehead atoms. The van der Waals surface area contributed by atoms with E-state index in [1.165, 1.54) is 6.92 Å². The summed E-state index contributed by atoms with van der Waals surface area (Å²) in [5.41, 5.74) is 0. The normalized spacial score (nSPS) is 35.5. The molecule has 2 heterocycles. The SMILES string of the molecule is CCC1C2CNCC2CN1S(=O)(=O)C(C)C#N. The average Bonchev–Trinajstić information content (AvgIpc) is 2.86. The Hall–Kier alpha value is -0.640. The Bertz CT molecular complexity index is 428. The van der Waals surface area contributed by atoms with Crippen molar-refractivity contribution in [2.24, 2.45) is 11.8 Å². The molecule has 2 aliphatic heterocycles. The molecule has 0 aliphatic carbocycles. The van der Waals surface area contributed by atoms with Crippen molar-refractivity contribution in [3.63, 3.8) is 0 Å². The largest absolute Gasteiger partial charge is 0.316 e. The number of rotatable bonds is 3. The number of nitriles is 1. The summed E-state index contributed by atoms with van der Waals surface area (Å²) in [6.45, 7) is 5.86. The van der Waals surface area contributed by atoms with E-state index in [2.05, 4.69) is 5.32 Å². The summed E-state index contributed by atoms with van der Waals surface area (Å²) in [6, 6.07) is 1.91.